The Kier molecular flexibility index (Phi) is 3.31. The van der Waals surface area contributed by atoms with Crippen molar-refractivity contribution < 1.29 is 0 Å². The van der Waals surface area contributed by atoms with E-state index in [1.165, 1.54) is 18.4 Å². The fraction of sp³-hybridized carbons (Fsp3) is 0.235. The molecule has 1 saturated carbocycles. The van der Waals surface area contributed by atoms with Gasteiger partial charge in [-0.05, 0) is 30.5 Å². The molecule has 2 heterocycles. The topological polar surface area (TPSA) is 55.1 Å². The van der Waals surface area contributed by atoms with E-state index in [1.807, 2.05) is 34.8 Å². The number of rotatable bonds is 5. The average Bonchev–Trinajstić information content (AvgIpc) is 3.32. The molecule has 1 fully saturated rings. The van der Waals surface area contributed by atoms with E-state index in [-0.39, 0.29) is 0 Å². The molecule has 1 aliphatic carbocycles. The van der Waals surface area contributed by atoms with Gasteiger partial charge in [0.2, 0.25) is 0 Å². The van der Waals surface area contributed by atoms with Gasteiger partial charge in [0.1, 0.15) is 5.82 Å². The van der Waals surface area contributed by atoms with E-state index < -0.39 is 0 Å². The molecule has 22 heavy (non-hydrogen) atoms. The minimum absolute atomic E-state index is 0.538. The standard InChI is InChI=1S/C17H17N5/c1-2-5-13(6-3-1)7-4-12-18-15-10-11-16-19-20-17(14-8-9-14)22(16)21-15/h1-7,10-11,14H,8-9,12H2,(H,18,21)/b7-4+. The van der Waals surface area contributed by atoms with Crippen LogP contribution in [0.3, 0.4) is 0 Å². The van der Waals surface area contributed by atoms with Crippen molar-refractivity contribution in [2.45, 2.75) is 18.8 Å². The molecule has 0 atom stereocenters. The van der Waals surface area contributed by atoms with Crippen molar-refractivity contribution >= 4 is 17.5 Å². The van der Waals surface area contributed by atoms with Gasteiger partial charge in [0, 0.05) is 12.5 Å². The van der Waals surface area contributed by atoms with E-state index in [0.29, 0.717) is 5.92 Å². The van der Waals surface area contributed by atoms with Crippen molar-refractivity contribution in [2.24, 2.45) is 0 Å². The van der Waals surface area contributed by atoms with Crippen LogP contribution in [0.5, 0.6) is 0 Å². The zero-order valence-electron chi connectivity index (χ0n) is 12.2. The highest BCUT2D eigenvalue weighted by atomic mass is 15.4. The Morgan fingerprint density at radius 3 is 2.77 bits per heavy atom. The van der Waals surface area contributed by atoms with Crippen LogP contribution in [0.15, 0.2) is 48.5 Å². The third kappa shape index (κ3) is 2.70. The van der Waals surface area contributed by atoms with E-state index in [4.69, 9.17) is 0 Å². The molecular weight excluding hydrogens is 274 g/mol. The molecule has 3 aromatic rings. The smallest absolute Gasteiger partial charge is 0.178 e. The van der Waals surface area contributed by atoms with Gasteiger partial charge in [-0.3, -0.25) is 0 Å². The molecular formula is C17H17N5. The highest BCUT2D eigenvalue weighted by Crippen LogP contribution is 2.38. The molecule has 0 saturated heterocycles. The van der Waals surface area contributed by atoms with E-state index in [1.54, 1.807) is 0 Å². The molecule has 4 rings (SSSR count). The number of benzene rings is 1. The normalized spacial score (nSPS) is 14.7. The molecule has 2 aromatic heterocycles. The second kappa shape index (κ2) is 5.60. The van der Waals surface area contributed by atoms with Crippen LogP contribution in [0, 0.1) is 0 Å². The van der Waals surface area contributed by atoms with Gasteiger partial charge >= 0.3 is 0 Å². The first kappa shape index (κ1) is 13.0. The Morgan fingerprint density at radius 2 is 1.95 bits per heavy atom. The van der Waals surface area contributed by atoms with Crippen LogP contribution in [-0.2, 0) is 0 Å². The highest BCUT2D eigenvalue weighted by molar-refractivity contribution is 5.50. The summed E-state index contributed by atoms with van der Waals surface area (Å²) < 4.78 is 1.86. The number of nitrogens with one attached hydrogen (secondary N) is 1. The summed E-state index contributed by atoms with van der Waals surface area (Å²) in [4.78, 5) is 0. The third-order valence-corrected chi connectivity index (χ3v) is 3.74. The molecule has 0 aliphatic heterocycles. The summed E-state index contributed by atoms with van der Waals surface area (Å²) in [7, 11) is 0. The van der Waals surface area contributed by atoms with Crippen LogP contribution in [-0.4, -0.2) is 26.4 Å². The maximum Gasteiger partial charge on any atom is 0.178 e. The number of aromatic nitrogens is 4. The molecule has 1 aliphatic rings. The quantitative estimate of drug-likeness (QED) is 0.784. The Labute approximate surface area is 128 Å². The molecule has 0 spiro atoms. The van der Waals surface area contributed by atoms with Crippen LogP contribution in [0.4, 0.5) is 5.82 Å². The lowest BCUT2D eigenvalue weighted by atomic mass is 10.2. The number of nitrogens with zero attached hydrogens (tertiary/aromatic N) is 4. The molecule has 5 nitrogen and oxygen atoms in total. The minimum Gasteiger partial charge on any atom is -0.365 e. The Hall–Kier alpha value is -2.69. The number of hydrogen-bond acceptors (Lipinski definition) is 4. The molecule has 0 radical (unpaired) electrons. The molecule has 0 amide bonds. The van der Waals surface area contributed by atoms with Crippen molar-refractivity contribution in [3.8, 4) is 0 Å². The van der Waals surface area contributed by atoms with Crippen LogP contribution in [0.1, 0.15) is 30.1 Å². The lowest BCUT2D eigenvalue weighted by Gasteiger charge is -2.03. The van der Waals surface area contributed by atoms with Gasteiger partial charge in [-0.2, -0.15) is 4.52 Å². The van der Waals surface area contributed by atoms with E-state index in [2.05, 4.69) is 44.9 Å². The molecule has 110 valence electrons. The molecule has 5 heteroatoms. The first-order chi connectivity index (χ1) is 10.9. The summed E-state index contributed by atoms with van der Waals surface area (Å²) in [5, 5.41) is 16.3. The van der Waals surface area contributed by atoms with E-state index in [0.717, 1.165) is 23.8 Å². The lowest BCUT2D eigenvalue weighted by molar-refractivity contribution is 0.816. The van der Waals surface area contributed by atoms with Gasteiger partial charge in [0.25, 0.3) is 0 Å². The highest BCUT2D eigenvalue weighted by Gasteiger charge is 2.29. The number of fused-ring (bicyclic) bond motifs is 1. The van der Waals surface area contributed by atoms with Crippen LogP contribution in [0.2, 0.25) is 0 Å². The van der Waals surface area contributed by atoms with Crippen molar-refractivity contribution in [1.29, 1.82) is 0 Å². The third-order valence-electron chi connectivity index (χ3n) is 3.74. The zero-order chi connectivity index (χ0) is 14.8. The van der Waals surface area contributed by atoms with Crippen LogP contribution >= 0.6 is 0 Å². The first-order valence-electron chi connectivity index (χ1n) is 7.58. The van der Waals surface area contributed by atoms with Gasteiger partial charge in [-0.25, -0.2) is 0 Å². The van der Waals surface area contributed by atoms with Gasteiger partial charge in [-0.1, -0.05) is 42.5 Å². The van der Waals surface area contributed by atoms with Gasteiger partial charge in [0.05, 0.1) is 0 Å². The maximum atomic E-state index is 4.59. The Bertz CT molecular complexity index is 802. The monoisotopic (exact) mass is 291 g/mol. The molecule has 1 aromatic carbocycles. The summed E-state index contributed by atoms with van der Waals surface area (Å²) in [5.41, 5.74) is 2.01. The summed E-state index contributed by atoms with van der Waals surface area (Å²) in [6, 6.07) is 14.2. The van der Waals surface area contributed by atoms with Gasteiger partial charge in [-0.15, -0.1) is 15.3 Å². The summed E-state index contributed by atoms with van der Waals surface area (Å²) in [5.74, 6) is 2.36. The SMILES string of the molecule is C(=C\c1ccccc1)/CNc1ccc2nnc(C3CC3)n2n1. The number of anilines is 1. The summed E-state index contributed by atoms with van der Waals surface area (Å²) in [6.45, 7) is 0.730. The zero-order valence-corrected chi connectivity index (χ0v) is 12.2. The predicted octanol–water partition coefficient (Wildman–Crippen LogP) is 3.13. The molecule has 0 bridgehead atoms. The molecule has 0 unspecified atom stereocenters. The predicted molar refractivity (Wildman–Crippen MR) is 86.7 cm³/mol. The Morgan fingerprint density at radius 1 is 1.09 bits per heavy atom. The van der Waals surface area contributed by atoms with E-state index >= 15 is 0 Å². The maximum absolute atomic E-state index is 4.59. The van der Waals surface area contributed by atoms with Crippen LogP contribution < -0.4 is 5.32 Å². The molecule has 1 N–H and O–H groups in total. The number of hydrogen-bond donors (Lipinski definition) is 1. The summed E-state index contributed by atoms with van der Waals surface area (Å²) in [6.07, 6.45) is 6.58. The van der Waals surface area contributed by atoms with Crippen molar-refractivity contribution in [2.75, 3.05) is 11.9 Å². The van der Waals surface area contributed by atoms with E-state index in [9.17, 15) is 0 Å². The largest absolute Gasteiger partial charge is 0.365 e. The Balaban J connectivity index is 1.45. The fourth-order valence-corrected chi connectivity index (χ4v) is 2.42. The van der Waals surface area contributed by atoms with Crippen molar-refractivity contribution in [3.63, 3.8) is 0 Å². The van der Waals surface area contributed by atoms with Crippen LogP contribution in [0.25, 0.3) is 11.7 Å². The summed E-state index contributed by atoms with van der Waals surface area (Å²) >= 11 is 0. The van der Waals surface area contributed by atoms with Gasteiger partial charge in [0.15, 0.2) is 11.5 Å². The van der Waals surface area contributed by atoms with Gasteiger partial charge < -0.3 is 5.32 Å². The fourth-order valence-electron chi connectivity index (χ4n) is 2.42. The second-order valence-corrected chi connectivity index (χ2v) is 5.52. The minimum atomic E-state index is 0.538. The second-order valence-electron chi connectivity index (χ2n) is 5.52. The average molecular weight is 291 g/mol. The first-order valence-corrected chi connectivity index (χ1v) is 7.58. The van der Waals surface area contributed by atoms with Crippen molar-refractivity contribution in [3.05, 3.63) is 59.9 Å². The lowest BCUT2D eigenvalue weighted by Crippen LogP contribution is -2.05. The van der Waals surface area contributed by atoms with Crippen molar-refractivity contribution in [1.82, 2.24) is 19.8 Å².